The van der Waals surface area contributed by atoms with Crippen LogP contribution in [0.3, 0.4) is 0 Å². The maximum absolute atomic E-state index is 11.1. The number of carbonyl (C=O) groups is 1. The van der Waals surface area contributed by atoms with Gasteiger partial charge >= 0.3 is 5.97 Å². The van der Waals surface area contributed by atoms with Crippen molar-refractivity contribution in [1.82, 2.24) is 4.57 Å². The Hall–Kier alpha value is -1.77. The number of aromatic nitrogens is 1. The average Bonchev–Trinajstić information content (AvgIpc) is 2.85. The van der Waals surface area contributed by atoms with Gasteiger partial charge in [0.2, 0.25) is 0 Å². The summed E-state index contributed by atoms with van der Waals surface area (Å²) in [5.74, 6) is -0.197. The molecule has 0 aliphatic rings. The van der Waals surface area contributed by atoms with Crippen LogP contribution in [0.5, 0.6) is 0 Å². The van der Waals surface area contributed by atoms with E-state index in [0.29, 0.717) is 11.5 Å². The van der Waals surface area contributed by atoms with E-state index in [2.05, 4.69) is 30.7 Å². The molecule has 0 saturated heterocycles. The Morgan fingerprint density at radius 1 is 1.30 bits per heavy atom. The minimum atomic E-state index is -0.863. The average molecular weight is 273 g/mol. The maximum atomic E-state index is 11.1. The third-order valence-corrected chi connectivity index (χ3v) is 4.02. The second kappa shape index (κ2) is 6.60. The van der Waals surface area contributed by atoms with E-state index in [9.17, 15) is 4.79 Å². The molecule has 0 spiro atoms. The molecule has 1 aromatic heterocycles. The van der Waals surface area contributed by atoms with Gasteiger partial charge in [-0.2, -0.15) is 0 Å². The molecule has 3 heteroatoms. The number of unbranched alkanes of at least 4 members (excludes halogenated alkanes) is 1. The Morgan fingerprint density at radius 2 is 2.10 bits per heavy atom. The van der Waals surface area contributed by atoms with Gasteiger partial charge in [-0.05, 0) is 35.9 Å². The van der Waals surface area contributed by atoms with Crippen LogP contribution in [0.2, 0.25) is 0 Å². The summed E-state index contributed by atoms with van der Waals surface area (Å²) in [4.78, 5) is 11.1. The van der Waals surface area contributed by atoms with Gasteiger partial charge in [0, 0.05) is 18.3 Å². The molecule has 108 valence electrons. The van der Waals surface area contributed by atoms with Crippen molar-refractivity contribution in [2.24, 2.45) is 5.92 Å². The molecular weight excluding hydrogens is 250 g/mol. The van der Waals surface area contributed by atoms with Gasteiger partial charge in [-0.1, -0.05) is 39.2 Å². The number of carboxylic acids is 1. The van der Waals surface area contributed by atoms with Crippen molar-refractivity contribution in [1.29, 1.82) is 0 Å². The molecule has 1 unspecified atom stereocenters. The third kappa shape index (κ3) is 3.21. The lowest BCUT2D eigenvalue weighted by molar-refractivity contribution is 0.0697. The van der Waals surface area contributed by atoms with Crippen molar-refractivity contribution in [3.63, 3.8) is 0 Å². The van der Waals surface area contributed by atoms with Crippen LogP contribution in [0.25, 0.3) is 10.9 Å². The molecule has 1 atom stereocenters. The summed E-state index contributed by atoms with van der Waals surface area (Å²) in [6, 6.07) is 7.41. The number of aromatic carboxylic acids is 1. The summed E-state index contributed by atoms with van der Waals surface area (Å²) in [5, 5.41) is 10.2. The number of hydrogen-bond donors (Lipinski definition) is 1. The van der Waals surface area contributed by atoms with E-state index in [1.165, 1.54) is 19.3 Å². The molecule has 2 rings (SSSR count). The molecule has 0 amide bonds. The van der Waals surface area contributed by atoms with Crippen LogP contribution in [0.15, 0.2) is 30.5 Å². The first-order chi connectivity index (χ1) is 9.65. The van der Waals surface area contributed by atoms with Gasteiger partial charge in [-0.15, -0.1) is 0 Å². The number of rotatable bonds is 7. The smallest absolute Gasteiger partial charge is 0.335 e. The molecule has 0 saturated carbocycles. The summed E-state index contributed by atoms with van der Waals surface area (Å²) in [5.41, 5.74) is 1.39. The highest BCUT2D eigenvalue weighted by Gasteiger charge is 2.11. The van der Waals surface area contributed by atoms with Crippen LogP contribution in [-0.2, 0) is 6.54 Å². The fourth-order valence-electron chi connectivity index (χ4n) is 2.67. The first kappa shape index (κ1) is 14.6. The van der Waals surface area contributed by atoms with E-state index in [4.69, 9.17) is 5.11 Å². The minimum Gasteiger partial charge on any atom is -0.478 e. The molecule has 1 aromatic carbocycles. The lowest BCUT2D eigenvalue weighted by Gasteiger charge is -2.16. The van der Waals surface area contributed by atoms with Gasteiger partial charge < -0.3 is 9.67 Å². The molecule has 0 fully saturated rings. The minimum absolute atomic E-state index is 0.360. The fraction of sp³-hybridized carbons (Fsp3) is 0.471. The predicted octanol–water partition coefficient (Wildman–Crippen LogP) is 4.56. The van der Waals surface area contributed by atoms with E-state index in [-0.39, 0.29) is 0 Å². The van der Waals surface area contributed by atoms with Crippen LogP contribution in [0.1, 0.15) is 49.9 Å². The molecule has 3 nitrogen and oxygen atoms in total. The Morgan fingerprint density at radius 3 is 2.75 bits per heavy atom. The predicted molar refractivity (Wildman–Crippen MR) is 82.2 cm³/mol. The largest absolute Gasteiger partial charge is 0.478 e. The molecule has 0 aliphatic carbocycles. The van der Waals surface area contributed by atoms with Crippen molar-refractivity contribution < 1.29 is 9.90 Å². The molecule has 20 heavy (non-hydrogen) atoms. The lowest BCUT2D eigenvalue weighted by Crippen LogP contribution is -2.09. The topological polar surface area (TPSA) is 42.2 Å². The van der Waals surface area contributed by atoms with Gasteiger partial charge in [0.25, 0.3) is 0 Å². The quantitative estimate of drug-likeness (QED) is 0.803. The van der Waals surface area contributed by atoms with Crippen LogP contribution >= 0.6 is 0 Å². The van der Waals surface area contributed by atoms with Crippen LogP contribution in [0, 0.1) is 5.92 Å². The van der Waals surface area contributed by atoms with E-state index >= 15 is 0 Å². The fourth-order valence-corrected chi connectivity index (χ4v) is 2.67. The number of nitrogens with zero attached hydrogens (tertiary/aromatic N) is 1. The standard InChI is InChI=1S/C17H23NO2/c1-3-5-6-13(4-2)12-18-10-9-14-7-8-15(17(19)20)11-16(14)18/h7-11,13H,3-6,12H2,1-2H3,(H,19,20). The van der Waals surface area contributed by atoms with Crippen molar-refractivity contribution in [2.45, 2.75) is 46.1 Å². The maximum Gasteiger partial charge on any atom is 0.335 e. The Labute approximate surface area is 120 Å². The molecule has 0 aliphatic heterocycles. The van der Waals surface area contributed by atoms with E-state index in [1.54, 1.807) is 12.1 Å². The highest BCUT2D eigenvalue weighted by Crippen LogP contribution is 2.22. The van der Waals surface area contributed by atoms with Gasteiger partial charge in [0.15, 0.2) is 0 Å². The highest BCUT2D eigenvalue weighted by atomic mass is 16.4. The molecule has 0 radical (unpaired) electrons. The number of carboxylic acid groups (broad SMARTS) is 1. The molecule has 0 bridgehead atoms. The van der Waals surface area contributed by atoms with Gasteiger partial charge in [-0.25, -0.2) is 4.79 Å². The first-order valence-electron chi connectivity index (χ1n) is 7.47. The van der Waals surface area contributed by atoms with Crippen LogP contribution in [0.4, 0.5) is 0 Å². The van der Waals surface area contributed by atoms with Crippen molar-refractivity contribution in [2.75, 3.05) is 0 Å². The summed E-state index contributed by atoms with van der Waals surface area (Å²) in [6.45, 7) is 5.43. The van der Waals surface area contributed by atoms with Crippen molar-refractivity contribution >= 4 is 16.9 Å². The van der Waals surface area contributed by atoms with Crippen LogP contribution < -0.4 is 0 Å². The summed E-state index contributed by atoms with van der Waals surface area (Å²) in [7, 11) is 0. The van der Waals surface area contributed by atoms with E-state index in [1.807, 2.05) is 6.07 Å². The highest BCUT2D eigenvalue weighted by molar-refractivity contribution is 5.93. The lowest BCUT2D eigenvalue weighted by atomic mass is 9.99. The van der Waals surface area contributed by atoms with Gasteiger partial charge in [0.1, 0.15) is 0 Å². The number of fused-ring (bicyclic) bond motifs is 1. The van der Waals surface area contributed by atoms with E-state index in [0.717, 1.165) is 23.9 Å². The Kier molecular flexibility index (Phi) is 4.83. The zero-order chi connectivity index (χ0) is 14.5. The summed E-state index contributed by atoms with van der Waals surface area (Å²) >= 11 is 0. The Balaban J connectivity index is 2.24. The zero-order valence-corrected chi connectivity index (χ0v) is 12.3. The molecule has 1 N–H and O–H groups in total. The molecule has 1 heterocycles. The van der Waals surface area contributed by atoms with Crippen LogP contribution in [-0.4, -0.2) is 15.6 Å². The van der Waals surface area contributed by atoms with Gasteiger partial charge in [0.05, 0.1) is 5.56 Å². The molecular formula is C17H23NO2. The second-order valence-electron chi connectivity index (χ2n) is 5.46. The van der Waals surface area contributed by atoms with Crippen molar-refractivity contribution in [3.05, 3.63) is 36.0 Å². The Bertz CT molecular complexity index is 586. The normalized spacial score (nSPS) is 12.7. The summed E-state index contributed by atoms with van der Waals surface area (Å²) in [6.07, 6.45) is 6.97. The number of hydrogen-bond acceptors (Lipinski definition) is 1. The zero-order valence-electron chi connectivity index (χ0n) is 12.3. The monoisotopic (exact) mass is 273 g/mol. The van der Waals surface area contributed by atoms with Crippen molar-refractivity contribution in [3.8, 4) is 0 Å². The summed E-state index contributed by atoms with van der Waals surface area (Å²) < 4.78 is 2.20. The van der Waals surface area contributed by atoms with Gasteiger partial charge in [-0.3, -0.25) is 0 Å². The second-order valence-corrected chi connectivity index (χ2v) is 5.46. The third-order valence-electron chi connectivity index (χ3n) is 4.02. The molecule has 2 aromatic rings. The van der Waals surface area contributed by atoms with E-state index < -0.39 is 5.97 Å². The first-order valence-corrected chi connectivity index (χ1v) is 7.47. The SMILES string of the molecule is CCCCC(CC)Cn1ccc2ccc(C(=O)O)cc21. The number of benzene rings is 1.